The van der Waals surface area contributed by atoms with Gasteiger partial charge in [-0.25, -0.2) is 0 Å². The number of allylic oxidation sites excluding steroid dienone is 4. The molecular formula is C11H21P. The van der Waals surface area contributed by atoms with Crippen molar-refractivity contribution in [3.63, 3.8) is 0 Å². The van der Waals surface area contributed by atoms with E-state index in [9.17, 15) is 0 Å². The van der Waals surface area contributed by atoms with E-state index in [1.54, 1.807) is 5.57 Å². The van der Waals surface area contributed by atoms with Crippen LogP contribution in [0.1, 0.15) is 19.3 Å². The summed E-state index contributed by atoms with van der Waals surface area (Å²) in [6.07, 6.45) is 12.3. The standard InChI is InChI=1S/C11H21P/c1-12(2,3)10-9-11-7-5-4-6-8-11/h5,7-8,12H,4,6,9-10H2,1-3H3. The Kier molecular flexibility index (Phi) is 3.53. The maximum atomic E-state index is 2.44. The molecule has 0 unspecified atom stereocenters. The van der Waals surface area contributed by atoms with Crippen LogP contribution in [-0.2, 0) is 0 Å². The second-order valence-electron chi connectivity index (χ2n) is 4.82. The predicted molar refractivity (Wildman–Crippen MR) is 62.0 cm³/mol. The summed E-state index contributed by atoms with van der Waals surface area (Å²) in [5, 5.41) is 0. The molecule has 12 heavy (non-hydrogen) atoms. The molecule has 0 aromatic rings. The monoisotopic (exact) mass is 184 g/mol. The van der Waals surface area contributed by atoms with Gasteiger partial charge in [-0.3, -0.25) is 0 Å². The zero-order valence-electron chi connectivity index (χ0n) is 8.56. The van der Waals surface area contributed by atoms with Crippen LogP contribution in [0.25, 0.3) is 0 Å². The van der Waals surface area contributed by atoms with Crippen molar-refractivity contribution in [1.82, 2.24) is 0 Å². The van der Waals surface area contributed by atoms with Crippen molar-refractivity contribution in [3.8, 4) is 0 Å². The second-order valence-corrected chi connectivity index (χ2v) is 10.4. The summed E-state index contributed by atoms with van der Waals surface area (Å²) in [4.78, 5) is 0. The Morgan fingerprint density at radius 3 is 2.50 bits per heavy atom. The first-order valence-electron chi connectivity index (χ1n) is 4.93. The van der Waals surface area contributed by atoms with Gasteiger partial charge in [-0.15, -0.1) is 0 Å². The molecule has 0 N–H and O–H groups in total. The van der Waals surface area contributed by atoms with Crippen molar-refractivity contribution in [1.29, 1.82) is 0 Å². The van der Waals surface area contributed by atoms with Crippen LogP contribution >= 0.6 is 7.26 Å². The van der Waals surface area contributed by atoms with Crippen LogP contribution < -0.4 is 0 Å². The Balaban J connectivity index is 2.32. The molecule has 1 aliphatic rings. The van der Waals surface area contributed by atoms with Crippen molar-refractivity contribution >= 4 is 7.26 Å². The van der Waals surface area contributed by atoms with Crippen LogP contribution in [0.15, 0.2) is 23.8 Å². The summed E-state index contributed by atoms with van der Waals surface area (Å²) >= 11 is 0. The van der Waals surface area contributed by atoms with Crippen LogP contribution in [0.4, 0.5) is 0 Å². The Morgan fingerprint density at radius 1 is 1.25 bits per heavy atom. The number of hydrogen-bond acceptors (Lipinski definition) is 0. The van der Waals surface area contributed by atoms with Crippen molar-refractivity contribution in [2.75, 3.05) is 26.2 Å². The fourth-order valence-electron chi connectivity index (χ4n) is 1.37. The van der Waals surface area contributed by atoms with Gasteiger partial charge in [0.05, 0.1) is 0 Å². The van der Waals surface area contributed by atoms with Gasteiger partial charge in [0, 0.05) is 0 Å². The molecule has 0 saturated heterocycles. The average Bonchev–Trinajstić information content (AvgIpc) is 2.02. The Morgan fingerprint density at radius 2 is 2.00 bits per heavy atom. The molecule has 0 nitrogen and oxygen atoms in total. The second kappa shape index (κ2) is 4.23. The molecule has 0 aliphatic heterocycles. The molecule has 0 bridgehead atoms. The van der Waals surface area contributed by atoms with E-state index in [0.717, 1.165) is 0 Å². The van der Waals surface area contributed by atoms with Crippen LogP contribution in [-0.4, -0.2) is 26.2 Å². The Hall–Kier alpha value is -0.0900. The quantitative estimate of drug-likeness (QED) is 0.590. The molecule has 0 fully saturated rings. The van der Waals surface area contributed by atoms with Gasteiger partial charge in [-0.05, 0) is 0 Å². The Labute approximate surface area is 77.1 Å². The van der Waals surface area contributed by atoms with Gasteiger partial charge in [-0.2, -0.15) is 0 Å². The molecule has 70 valence electrons. The van der Waals surface area contributed by atoms with Gasteiger partial charge in [-0.1, -0.05) is 0 Å². The van der Waals surface area contributed by atoms with E-state index in [2.05, 4.69) is 38.2 Å². The first-order valence-corrected chi connectivity index (χ1v) is 8.64. The van der Waals surface area contributed by atoms with E-state index in [-0.39, 0.29) is 0 Å². The molecule has 1 aliphatic carbocycles. The molecule has 0 spiro atoms. The molecule has 0 heterocycles. The first-order chi connectivity index (χ1) is 5.58. The normalized spacial score (nSPS) is 19.1. The molecule has 1 rings (SSSR count). The van der Waals surface area contributed by atoms with Gasteiger partial charge in [0.15, 0.2) is 0 Å². The summed E-state index contributed by atoms with van der Waals surface area (Å²) in [6, 6.07) is 0. The van der Waals surface area contributed by atoms with E-state index < -0.39 is 7.26 Å². The molecule has 1 heteroatoms. The van der Waals surface area contributed by atoms with Gasteiger partial charge in [0.25, 0.3) is 0 Å². The zero-order valence-corrected chi connectivity index (χ0v) is 9.56. The molecule has 0 aromatic heterocycles. The fourth-order valence-corrected chi connectivity index (χ4v) is 2.41. The van der Waals surface area contributed by atoms with Crippen molar-refractivity contribution < 1.29 is 0 Å². The van der Waals surface area contributed by atoms with Gasteiger partial charge in [0.2, 0.25) is 0 Å². The number of rotatable bonds is 3. The van der Waals surface area contributed by atoms with Crippen LogP contribution in [0.3, 0.4) is 0 Å². The molecule has 0 saturated carbocycles. The average molecular weight is 184 g/mol. The van der Waals surface area contributed by atoms with Gasteiger partial charge >= 0.3 is 76.5 Å². The molecule has 0 atom stereocenters. The van der Waals surface area contributed by atoms with E-state index in [1.165, 1.54) is 25.4 Å². The third-order valence-corrected chi connectivity index (χ3v) is 3.99. The van der Waals surface area contributed by atoms with E-state index in [1.807, 2.05) is 0 Å². The van der Waals surface area contributed by atoms with E-state index in [0.29, 0.717) is 0 Å². The summed E-state index contributed by atoms with van der Waals surface area (Å²) in [5.41, 5.74) is 1.57. The van der Waals surface area contributed by atoms with E-state index >= 15 is 0 Å². The predicted octanol–water partition coefficient (Wildman–Crippen LogP) is 3.29. The van der Waals surface area contributed by atoms with Gasteiger partial charge < -0.3 is 0 Å². The number of hydrogen-bond donors (Lipinski definition) is 0. The van der Waals surface area contributed by atoms with Crippen LogP contribution in [0.2, 0.25) is 0 Å². The van der Waals surface area contributed by atoms with E-state index in [4.69, 9.17) is 0 Å². The third-order valence-electron chi connectivity index (χ3n) is 2.24. The first kappa shape index (κ1) is 9.99. The van der Waals surface area contributed by atoms with Gasteiger partial charge in [0.1, 0.15) is 0 Å². The minimum absolute atomic E-state index is 0.816. The van der Waals surface area contributed by atoms with Crippen molar-refractivity contribution in [2.45, 2.75) is 19.3 Å². The van der Waals surface area contributed by atoms with Crippen molar-refractivity contribution in [2.24, 2.45) is 0 Å². The summed E-state index contributed by atoms with van der Waals surface area (Å²) < 4.78 is 0. The SMILES string of the molecule is C[PH](C)(C)CCC1=CCCC=C1. The van der Waals surface area contributed by atoms with Crippen LogP contribution in [0.5, 0.6) is 0 Å². The molecular weight excluding hydrogens is 163 g/mol. The maximum absolute atomic E-state index is 2.44. The van der Waals surface area contributed by atoms with Crippen molar-refractivity contribution in [3.05, 3.63) is 23.8 Å². The molecule has 0 amide bonds. The third kappa shape index (κ3) is 4.07. The molecule has 0 radical (unpaired) electrons. The summed E-state index contributed by atoms with van der Waals surface area (Å²) in [5.74, 6) is 0. The fraction of sp³-hybridized carbons (Fsp3) is 0.636. The summed E-state index contributed by atoms with van der Waals surface area (Å²) in [6.45, 7) is 7.33. The molecule has 0 aromatic carbocycles. The minimum atomic E-state index is -0.816. The topological polar surface area (TPSA) is 0 Å². The Bertz CT molecular complexity index is 194. The zero-order chi connectivity index (χ0) is 9.03. The summed E-state index contributed by atoms with van der Waals surface area (Å²) in [7, 11) is -0.816. The van der Waals surface area contributed by atoms with Crippen LogP contribution in [0, 0.1) is 0 Å².